The van der Waals surface area contributed by atoms with Crippen molar-refractivity contribution < 1.29 is 4.84 Å². The molecule has 0 saturated carbocycles. The Morgan fingerprint density at radius 2 is 2.10 bits per heavy atom. The molecule has 0 unspecified atom stereocenters. The van der Waals surface area contributed by atoms with Gasteiger partial charge in [0.15, 0.2) is 4.96 Å². The Morgan fingerprint density at radius 1 is 1.35 bits per heavy atom. The van der Waals surface area contributed by atoms with Crippen molar-refractivity contribution in [1.82, 2.24) is 9.38 Å². The van der Waals surface area contributed by atoms with Crippen LogP contribution < -0.4 is 0 Å². The number of aromatic nitrogens is 2. The second kappa shape index (κ2) is 4.90. The van der Waals surface area contributed by atoms with Crippen molar-refractivity contribution >= 4 is 33.0 Å². The summed E-state index contributed by atoms with van der Waals surface area (Å²) in [6.45, 7) is 8.01. The third-order valence-corrected chi connectivity index (χ3v) is 4.37. The van der Waals surface area contributed by atoms with Crippen LogP contribution in [0.4, 0.5) is 0 Å². The molecule has 0 fully saturated rings. The van der Waals surface area contributed by atoms with Gasteiger partial charge >= 0.3 is 0 Å². The first-order valence-electron chi connectivity index (χ1n) is 6.65. The molecule has 1 aromatic carbocycles. The fourth-order valence-electron chi connectivity index (χ4n) is 2.22. The first-order valence-corrected chi connectivity index (χ1v) is 7.47. The molecule has 5 heteroatoms. The van der Waals surface area contributed by atoms with Gasteiger partial charge in [-0.05, 0) is 39.8 Å². The summed E-state index contributed by atoms with van der Waals surface area (Å²) in [7, 11) is 0. The van der Waals surface area contributed by atoms with Crippen LogP contribution in [0.1, 0.15) is 31.3 Å². The highest BCUT2D eigenvalue weighted by Crippen LogP contribution is 2.28. The van der Waals surface area contributed by atoms with Crippen LogP contribution in [0.3, 0.4) is 0 Å². The molecule has 2 aromatic heterocycles. The normalized spacial score (nSPS) is 12.8. The quantitative estimate of drug-likeness (QED) is 0.539. The van der Waals surface area contributed by atoms with Gasteiger partial charge in [0.25, 0.3) is 0 Å². The first-order chi connectivity index (χ1) is 9.58. The van der Waals surface area contributed by atoms with Gasteiger partial charge in [-0.1, -0.05) is 28.6 Å². The van der Waals surface area contributed by atoms with Crippen molar-refractivity contribution in [2.75, 3.05) is 0 Å². The van der Waals surface area contributed by atoms with E-state index in [2.05, 4.69) is 27.5 Å². The molecule has 104 valence electrons. The predicted molar refractivity (Wildman–Crippen MR) is 83.7 cm³/mol. The number of imidazole rings is 1. The van der Waals surface area contributed by atoms with Gasteiger partial charge in [0, 0.05) is 5.69 Å². The van der Waals surface area contributed by atoms with Crippen LogP contribution in [0.25, 0.3) is 16.0 Å². The van der Waals surface area contributed by atoms with Gasteiger partial charge in [-0.2, -0.15) is 0 Å². The van der Waals surface area contributed by atoms with E-state index in [9.17, 15) is 0 Å². The molecule has 0 atom stereocenters. The van der Waals surface area contributed by atoms with Crippen molar-refractivity contribution in [2.45, 2.75) is 33.8 Å². The lowest BCUT2D eigenvalue weighted by atomic mass is 10.3. The van der Waals surface area contributed by atoms with Crippen LogP contribution in [0.5, 0.6) is 0 Å². The minimum atomic E-state index is 0.0927. The summed E-state index contributed by atoms with van der Waals surface area (Å²) in [4.78, 5) is 12.1. The molecule has 2 heterocycles. The Labute approximate surface area is 121 Å². The molecule has 0 radical (unpaired) electrons. The number of hydrogen-bond acceptors (Lipinski definition) is 4. The van der Waals surface area contributed by atoms with Crippen LogP contribution in [-0.2, 0) is 4.84 Å². The molecule has 0 N–H and O–H groups in total. The van der Waals surface area contributed by atoms with Crippen molar-refractivity contribution in [3.05, 3.63) is 34.8 Å². The number of para-hydroxylation sites is 2. The molecule has 0 saturated heterocycles. The Hall–Kier alpha value is -1.88. The van der Waals surface area contributed by atoms with Crippen LogP contribution in [0.15, 0.2) is 29.4 Å². The molecule has 0 aliphatic heterocycles. The van der Waals surface area contributed by atoms with Gasteiger partial charge in [0.05, 0.1) is 21.6 Å². The summed E-state index contributed by atoms with van der Waals surface area (Å²) in [6.07, 6.45) is 0.0927. The highest BCUT2D eigenvalue weighted by Gasteiger charge is 2.15. The molecule has 0 spiro atoms. The second-order valence-electron chi connectivity index (χ2n) is 5.07. The van der Waals surface area contributed by atoms with Crippen LogP contribution >= 0.6 is 11.3 Å². The number of fused-ring (bicyclic) bond motifs is 3. The highest BCUT2D eigenvalue weighted by atomic mass is 32.1. The van der Waals surface area contributed by atoms with E-state index in [0.29, 0.717) is 0 Å². The summed E-state index contributed by atoms with van der Waals surface area (Å²) in [5.41, 5.74) is 4.23. The van der Waals surface area contributed by atoms with Crippen LogP contribution in [0, 0.1) is 6.92 Å². The van der Waals surface area contributed by atoms with E-state index >= 15 is 0 Å². The maximum atomic E-state index is 5.34. The van der Waals surface area contributed by atoms with Gasteiger partial charge in [0.1, 0.15) is 6.10 Å². The van der Waals surface area contributed by atoms with E-state index in [1.807, 2.05) is 39.0 Å². The smallest absolute Gasteiger partial charge is 0.195 e. The minimum absolute atomic E-state index is 0.0927. The lowest BCUT2D eigenvalue weighted by molar-refractivity contribution is 0.0860. The lowest BCUT2D eigenvalue weighted by Gasteiger charge is -2.04. The largest absolute Gasteiger partial charge is 0.393 e. The Balaban J connectivity index is 2.14. The third-order valence-electron chi connectivity index (χ3n) is 3.12. The molecule has 0 aliphatic rings. The van der Waals surface area contributed by atoms with E-state index < -0.39 is 0 Å². The summed E-state index contributed by atoms with van der Waals surface area (Å²) < 4.78 is 2.18. The van der Waals surface area contributed by atoms with Gasteiger partial charge in [-0.25, -0.2) is 4.98 Å². The fraction of sp³-hybridized carbons (Fsp3) is 0.333. The van der Waals surface area contributed by atoms with Gasteiger partial charge in [-0.3, -0.25) is 4.40 Å². The number of benzene rings is 1. The Bertz CT molecular complexity index is 798. The van der Waals surface area contributed by atoms with Gasteiger partial charge < -0.3 is 4.84 Å². The van der Waals surface area contributed by atoms with Crippen LogP contribution in [0.2, 0.25) is 0 Å². The topological polar surface area (TPSA) is 38.9 Å². The fourth-order valence-corrected chi connectivity index (χ4v) is 3.30. The van der Waals surface area contributed by atoms with Gasteiger partial charge in [-0.15, -0.1) is 0 Å². The van der Waals surface area contributed by atoms with E-state index in [0.717, 1.165) is 32.3 Å². The van der Waals surface area contributed by atoms with Crippen molar-refractivity contribution in [1.29, 1.82) is 0 Å². The van der Waals surface area contributed by atoms with E-state index in [4.69, 9.17) is 4.84 Å². The summed E-state index contributed by atoms with van der Waals surface area (Å²) in [5, 5.41) is 4.20. The second-order valence-corrected chi connectivity index (χ2v) is 6.04. The standard InChI is InChI=1S/C15H17N3OS/c1-9(2)19-17-10(3)14-11(4)18-13-8-6-5-7-12(13)16-15(18)20-14/h5-9H,1-4H3/b17-10+. The zero-order valence-electron chi connectivity index (χ0n) is 12.0. The molecule has 0 amide bonds. The highest BCUT2D eigenvalue weighted by molar-refractivity contribution is 7.19. The molecular formula is C15H17N3OS. The van der Waals surface area contributed by atoms with E-state index in [1.54, 1.807) is 11.3 Å². The zero-order chi connectivity index (χ0) is 14.3. The van der Waals surface area contributed by atoms with E-state index in [1.165, 1.54) is 0 Å². The molecule has 3 rings (SSSR count). The summed E-state index contributed by atoms with van der Waals surface area (Å²) in [6, 6.07) is 8.18. The predicted octanol–water partition coefficient (Wildman–Crippen LogP) is 4.01. The molecule has 4 nitrogen and oxygen atoms in total. The number of thiazole rings is 1. The maximum Gasteiger partial charge on any atom is 0.195 e. The third kappa shape index (κ3) is 2.08. The SMILES string of the molecule is C/C(=N\OC(C)C)c1sc2nc3ccccc3n2c1C. The number of oxime groups is 1. The molecular weight excluding hydrogens is 270 g/mol. The maximum absolute atomic E-state index is 5.34. The molecule has 20 heavy (non-hydrogen) atoms. The van der Waals surface area contributed by atoms with E-state index in [-0.39, 0.29) is 6.10 Å². The van der Waals surface area contributed by atoms with Crippen molar-refractivity contribution in [3.8, 4) is 0 Å². The minimum Gasteiger partial charge on any atom is -0.393 e. The Morgan fingerprint density at radius 3 is 2.85 bits per heavy atom. The number of nitrogens with zero attached hydrogens (tertiary/aromatic N) is 3. The van der Waals surface area contributed by atoms with Gasteiger partial charge in [0.2, 0.25) is 0 Å². The number of aryl methyl sites for hydroxylation is 1. The summed E-state index contributed by atoms with van der Waals surface area (Å²) in [5.74, 6) is 0. The average molecular weight is 287 g/mol. The summed E-state index contributed by atoms with van der Waals surface area (Å²) >= 11 is 1.65. The first kappa shape index (κ1) is 13.1. The lowest BCUT2D eigenvalue weighted by Crippen LogP contribution is -2.02. The molecule has 0 bridgehead atoms. The molecule has 3 aromatic rings. The number of hydrogen-bond donors (Lipinski definition) is 0. The van der Waals surface area contributed by atoms with Crippen molar-refractivity contribution in [2.24, 2.45) is 5.16 Å². The Kier molecular flexibility index (Phi) is 3.22. The number of rotatable bonds is 3. The van der Waals surface area contributed by atoms with Crippen LogP contribution in [-0.4, -0.2) is 21.2 Å². The molecule has 0 aliphatic carbocycles. The zero-order valence-corrected chi connectivity index (χ0v) is 12.9. The average Bonchev–Trinajstić information content (AvgIpc) is 2.93. The monoisotopic (exact) mass is 287 g/mol. The van der Waals surface area contributed by atoms with Crippen molar-refractivity contribution in [3.63, 3.8) is 0 Å².